The van der Waals surface area contributed by atoms with E-state index in [0.29, 0.717) is 19.4 Å². The second-order valence-corrected chi connectivity index (χ2v) is 5.39. The number of hydrogen-bond acceptors (Lipinski definition) is 5. The minimum atomic E-state index is -0.731. The van der Waals surface area contributed by atoms with Gasteiger partial charge in [0.05, 0.1) is 12.6 Å². The van der Waals surface area contributed by atoms with Crippen molar-refractivity contribution in [3.63, 3.8) is 0 Å². The standard InChI is InChI=1S/C17H27N3O3/c1-2-23-17(22)15(12-13-8-4-3-5-9-13)20-16(21)14(19)10-6-7-11-18/h3-5,8-9,14-15H,2,6-7,10-12,18-19H2,1H3,(H,20,21)/t14-,15-/m0/s1. The third-order valence-electron chi connectivity index (χ3n) is 3.48. The number of nitrogens with two attached hydrogens (primary N) is 2. The number of carbonyl (C=O) groups is 2. The summed E-state index contributed by atoms with van der Waals surface area (Å²) >= 11 is 0. The molecule has 6 heteroatoms. The van der Waals surface area contributed by atoms with Crippen molar-refractivity contribution in [3.8, 4) is 0 Å². The average molecular weight is 321 g/mol. The van der Waals surface area contributed by atoms with Crippen LogP contribution in [0.3, 0.4) is 0 Å². The lowest BCUT2D eigenvalue weighted by molar-refractivity contribution is -0.147. The van der Waals surface area contributed by atoms with Crippen LogP contribution in [0.15, 0.2) is 30.3 Å². The number of ether oxygens (including phenoxy) is 1. The predicted molar refractivity (Wildman–Crippen MR) is 89.6 cm³/mol. The van der Waals surface area contributed by atoms with Gasteiger partial charge in [0.15, 0.2) is 0 Å². The molecule has 2 atom stereocenters. The normalized spacial score (nSPS) is 13.2. The summed E-state index contributed by atoms with van der Waals surface area (Å²) in [4.78, 5) is 24.2. The van der Waals surface area contributed by atoms with Crippen LogP contribution in [0.25, 0.3) is 0 Å². The van der Waals surface area contributed by atoms with Gasteiger partial charge in [-0.05, 0) is 31.9 Å². The van der Waals surface area contributed by atoms with E-state index in [4.69, 9.17) is 16.2 Å². The van der Waals surface area contributed by atoms with Crippen molar-refractivity contribution < 1.29 is 14.3 Å². The van der Waals surface area contributed by atoms with E-state index < -0.39 is 18.1 Å². The number of benzene rings is 1. The third kappa shape index (κ3) is 7.25. The van der Waals surface area contributed by atoms with Crippen LogP contribution in [-0.2, 0) is 20.7 Å². The Labute approximate surface area is 137 Å². The van der Waals surface area contributed by atoms with Gasteiger partial charge in [0.25, 0.3) is 0 Å². The van der Waals surface area contributed by atoms with Gasteiger partial charge in [0.1, 0.15) is 6.04 Å². The highest BCUT2D eigenvalue weighted by Gasteiger charge is 2.24. The first-order valence-electron chi connectivity index (χ1n) is 8.05. The lowest BCUT2D eigenvalue weighted by Gasteiger charge is -2.20. The Hall–Kier alpha value is -1.92. The van der Waals surface area contributed by atoms with Gasteiger partial charge < -0.3 is 21.5 Å². The highest BCUT2D eigenvalue weighted by atomic mass is 16.5. The smallest absolute Gasteiger partial charge is 0.328 e. The summed E-state index contributed by atoms with van der Waals surface area (Å²) in [5.41, 5.74) is 12.2. The van der Waals surface area contributed by atoms with Crippen molar-refractivity contribution in [2.45, 2.75) is 44.7 Å². The molecule has 1 aromatic carbocycles. The molecule has 0 saturated carbocycles. The number of esters is 1. The van der Waals surface area contributed by atoms with E-state index in [9.17, 15) is 9.59 Å². The summed E-state index contributed by atoms with van der Waals surface area (Å²) in [6.45, 7) is 2.58. The first-order valence-corrected chi connectivity index (χ1v) is 8.05. The van der Waals surface area contributed by atoms with Crippen LogP contribution >= 0.6 is 0 Å². The minimum absolute atomic E-state index is 0.266. The molecule has 128 valence electrons. The Morgan fingerprint density at radius 1 is 1.22 bits per heavy atom. The highest BCUT2D eigenvalue weighted by molar-refractivity contribution is 5.87. The fraction of sp³-hybridized carbons (Fsp3) is 0.529. The molecule has 23 heavy (non-hydrogen) atoms. The van der Waals surface area contributed by atoms with Crippen molar-refractivity contribution in [2.75, 3.05) is 13.2 Å². The van der Waals surface area contributed by atoms with Crippen LogP contribution in [0, 0.1) is 0 Å². The lowest BCUT2D eigenvalue weighted by atomic mass is 10.0. The quantitative estimate of drug-likeness (QED) is 0.435. The van der Waals surface area contributed by atoms with Crippen molar-refractivity contribution in [1.82, 2.24) is 5.32 Å². The summed E-state index contributed by atoms with van der Waals surface area (Å²) in [6, 6.07) is 8.10. The zero-order chi connectivity index (χ0) is 17.1. The van der Waals surface area contributed by atoms with E-state index in [1.165, 1.54) is 0 Å². The molecule has 0 bridgehead atoms. The molecule has 0 spiro atoms. The molecule has 6 nitrogen and oxygen atoms in total. The second kappa shape index (κ2) is 10.7. The molecule has 0 aliphatic rings. The minimum Gasteiger partial charge on any atom is -0.464 e. The van der Waals surface area contributed by atoms with Crippen LogP contribution in [0.2, 0.25) is 0 Å². The molecule has 1 amide bonds. The molecule has 0 radical (unpaired) electrons. The monoisotopic (exact) mass is 321 g/mol. The van der Waals surface area contributed by atoms with Crippen LogP contribution in [-0.4, -0.2) is 37.1 Å². The molecule has 1 rings (SSSR count). The summed E-state index contributed by atoms with van der Waals surface area (Å²) in [7, 11) is 0. The van der Waals surface area contributed by atoms with Crippen molar-refractivity contribution in [1.29, 1.82) is 0 Å². The van der Waals surface area contributed by atoms with Gasteiger partial charge in [-0.25, -0.2) is 4.79 Å². The molecular formula is C17H27N3O3. The van der Waals surface area contributed by atoms with E-state index in [0.717, 1.165) is 18.4 Å². The molecule has 0 aliphatic carbocycles. The summed E-state index contributed by atoms with van der Waals surface area (Å²) < 4.78 is 5.04. The van der Waals surface area contributed by atoms with Gasteiger partial charge in [0, 0.05) is 6.42 Å². The summed E-state index contributed by atoms with van der Waals surface area (Å²) in [6.07, 6.45) is 2.53. The van der Waals surface area contributed by atoms with Gasteiger partial charge in [0.2, 0.25) is 5.91 Å². The topological polar surface area (TPSA) is 107 Å². The third-order valence-corrected chi connectivity index (χ3v) is 3.48. The fourth-order valence-corrected chi connectivity index (χ4v) is 2.20. The number of rotatable bonds is 10. The molecule has 0 aromatic heterocycles. The van der Waals surface area contributed by atoms with E-state index >= 15 is 0 Å². The molecule has 0 saturated heterocycles. The van der Waals surface area contributed by atoms with Crippen molar-refractivity contribution >= 4 is 11.9 Å². The molecule has 1 aromatic rings. The van der Waals surface area contributed by atoms with Gasteiger partial charge in [-0.3, -0.25) is 4.79 Å². The Balaban J connectivity index is 2.65. The number of nitrogens with one attached hydrogen (secondary N) is 1. The maximum atomic E-state index is 12.2. The summed E-state index contributed by atoms with van der Waals surface area (Å²) in [5, 5.41) is 2.71. The Morgan fingerprint density at radius 3 is 2.52 bits per heavy atom. The molecule has 0 aliphatic heterocycles. The molecule has 0 fully saturated rings. The van der Waals surface area contributed by atoms with E-state index in [1.54, 1.807) is 6.92 Å². The Bertz CT molecular complexity index is 479. The van der Waals surface area contributed by atoms with Crippen molar-refractivity contribution in [2.24, 2.45) is 11.5 Å². The average Bonchev–Trinajstić information content (AvgIpc) is 2.55. The van der Waals surface area contributed by atoms with Crippen LogP contribution in [0.1, 0.15) is 31.7 Å². The Morgan fingerprint density at radius 2 is 1.91 bits per heavy atom. The maximum Gasteiger partial charge on any atom is 0.328 e. The van der Waals surface area contributed by atoms with Gasteiger partial charge >= 0.3 is 5.97 Å². The highest BCUT2D eigenvalue weighted by Crippen LogP contribution is 2.06. The molecular weight excluding hydrogens is 294 g/mol. The number of carbonyl (C=O) groups excluding carboxylic acids is 2. The largest absolute Gasteiger partial charge is 0.464 e. The van der Waals surface area contributed by atoms with E-state index in [2.05, 4.69) is 5.32 Å². The van der Waals surface area contributed by atoms with Crippen LogP contribution < -0.4 is 16.8 Å². The van der Waals surface area contributed by atoms with Gasteiger partial charge in [-0.1, -0.05) is 36.8 Å². The maximum absolute atomic E-state index is 12.2. The number of unbranched alkanes of at least 4 members (excludes halogenated alkanes) is 1. The predicted octanol–water partition coefficient (Wildman–Crippen LogP) is 0.733. The molecule has 5 N–H and O–H groups in total. The zero-order valence-electron chi connectivity index (χ0n) is 13.7. The molecule has 0 heterocycles. The summed E-state index contributed by atoms with van der Waals surface area (Å²) in [5.74, 6) is -0.783. The Kier molecular flexibility index (Phi) is 8.94. The molecule has 0 unspecified atom stereocenters. The number of amides is 1. The zero-order valence-corrected chi connectivity index (χ0v) is 13.7. The van der Waals surface area contributed by atoms with E-state index in [1.807, 2.05) is 30.3 Å². The number of hydrogen-bond donors (Lipinski definition) is 3. The van der Waals surface area contributed by atoms with Crippen LogP contribution in [0.4, 0.5) is 0 Å². The first kappa shape index (κ1) is 19.1. The second-order valence-electron chi connectivity index (χ2n) is 5.39. The SMILES string of the molecule is CCOC(=O)[C@H](Cc1ccccc1)NC(=O)[C@@H](N)CCCCN. The van der Waals surface area contributed by atoms with Gasteiger partial charge in [-0.2, -0.15) is 0 Å². The van der Waals surface area contributed by atoms with Crippen molar-refractivity contribution in [3.05, 3.63) is 35.9 Å². The van der Waals surface area contributed by atoms with Gasteiger partial charge in [-0.15, -0.1) is 0 Å². The first-order chi connectivity index (χ1) is 11.1. The van der Waals surface area contributed by atoms with E-state index in [-0.39, 0.29) is 12.5 Å². The fourth-order valence-electron chi connectivity index (χ4n) is 2.20. The van der Waals surface area contributed by atoms with Crippen LogP contribution in [0.5, 0.6) is 0 Å². The lowest BCUT2D eigenvalue weighted by Crippen LogP contribution is -2.49.